The summed E-state index contributed by atoms with van der Waals surface area (Å²) in [6.07, 6.45) is 9.38. The second-order valence-electron chi connectivity index (χ2n) is 5.22. The number of nitrogens with one attached hydrogen (secondary N) is 1. The van der Waals surface area contributed by atoms with Gasteiger partial charge in [-0.15, -0.1) is 0 Å². The minimum absolute atomic E-state index is 0.738. The maximum Gasteiger partial charge on any atom is 0.0950 e. The molecular formula is C13H21N3. The van der Waals surface area contributed by atoms with Gasteiger partial charge in [-0.05, 0) is 38.3 Å². The topological polar surface area (TPSA) is 29.9 Å². The normalized spacial score (nSPS) is 30.6. The summed E-state index contributed by atoms with van der Waals surface area (Å²) in [4.78, 5) is 4.37. The van der Waals surface area contributed by atoms with Gasteiger partial charge >= 0.3 is 0 Å². The zero-order chi connectivity index (χ0) is 11.0. The largest absolute Gasteiger partial charge is 0.331 e. The highest BCUT2D eigenvalue weighted by Crippen LogP contribution is 2.47. The molecule has 3 rings (SSSR count). The fraction of sp³-hybridized carbons (Fsp3) is 0.769. The molecule has 0 aromatic carbocycles. The number of aromatic nitrogens is 2. The zero-order valence-electron chi connectivity index (χ0n) is 10.0. The molecule has 0 radical (unpaired) electrons. The van der Waals surface area contributed by atoms with E-state index < -0.39 is 0 Å². The Morgan fingerprint density at radius 3 is 2.94 bits per heavy atom. The summed E-state index contributed by atoms with van der Waals surface area (Å²) < 4.78 is 2.46. The first kappa shape index (κ1) is 10.3. The van der Waals surface area contributed by atoms with Crippen molar-refractivity contribution in [3.63, 3.8) is 0 Å². The molecule has 0 bridgehead atoms. The lowest BCUT2D eigenvalue weighted by Gasteiger charge is -2.23. The maximum absolute atomic E-state index is 4.37. The van der Waals surface area contributed by atoms with Crippen LogP contribution < -0.4 is 5.32 Å². The molecule has 16 heavy (non-hydrogen) atoms. The number of piperidine rings is 1. The van der Waals surface area contributed by atoms with Gasteiger partial charge in [-0.2, -0.15) is 0 Å². The Morgan fingerprint density at radius 2 is 2.25 bits per heavy atom. The summed E-state index contributed by atoms with van der Waals surface area (Å²) in [5.41, 5.74) is 1.49. The van der Waals surface area contributed by atoms with Crippen LogP contribution in [0.15, 0.2) is 12.5 Å². The molecule has 2 aliphatic rings. The minimum Gasteiger partial charge on any atom is -0.331 e. The molecule has 1 saturated heterocycles. The monoisotopic (exact) mass is 219 g/mol. The van der Waals surface area contributed by atoms with Crippen molar-refractivity contribution in [3.8, 4) is 0 Å². The van der Waals surface area contributed by atoms with Crippen molar-refractivity contribution < 1.29 is 0 Å². The standard InChI is InChI=1S/C13H21N3/c1-2-10-7-12(10)16-9-15-8-13(16)11-3-5-14-6-4-11/h8-12,14H,2-7H2,1H3. The molecule has 2 unspecified atom stereocenters. The van der Waals surface area contributed by atoms with Crippen LogP contribution in [-0.4, -0.2) is 22.6 Å². The van der Waals surface area contributed by atoms with E-state index in [0.717, 1.165) is 31.0 Å². The van der Waals surface area contributed by atoms with Crippen LogP contribution >= 0.6 is 0 Å². The highest BCUT2D eigenvalue weighted by molar-refractivity contribution is 5.12. The van der Waals surface area contributed by atoms with Crippen LogP contribution in [0, 0.1) is 5.92 Å². The van der Waals surface area contributed by atoms with Crippen LogP contribution in [-0.2, 0) is 0 Å². The lowest BCUT2D eigenvalue weighted by Crippen LogP contribution is -2.27. The first-order chi connectivity index (χ1) is 7.90. The molecule has 2 heterocycles. The van der Waals surface area contributed by atoms with Crippen LogP contribution in [0.2, 0.25) is 0 Å². The average molecular weight is 219 g/mol. The van der Waals surface area contributed by atoms with Crippen molar-refractivity contribution in [2.75, 3.05) is 13.1 Å². The molecule has 3 nitrogen and oxygen atoms in total. The first-order valence-electron chi connectivity index (χ1n) is 6.62. The van der Waals surface area contributed by atoms with Gasteiger partial charge in [0.25, 0.3) is 0 Å². The summed E-state index contributed by atoms with van der Waals surface area (Å²) in [6.45, 7) is 4.63. The Hall–Kier alpha value is -0.830. The van der Waals surface area contributed by atoms with Crippen LogP contribution in [0.25, 0.3) is 0 Å². The van der Waals surface area contributed by atoms with E-state index in [1.165, 1.54) is 31.4 Å². The number of rotatable bonds is 3. The number of hydrogen-bond donors (Lipinski definition) is 1. The van der Waals surface area contributed by atoms with E-state index in [-0.39, 0.29) is 0 Å². The third kappa shape index (κ3) is 1.77. The molecule has 0 amide bonds. The number of hydrogen-bond acceptors (Lipinski definition) is 2. The molecule has 3 heteroatoms. The number of nitrogens with zero attached hydrogens (tertiary/aromatic N) is 2. The molecule has 88 valence electrons. The van der Waals surface area contributed by atoms with Gasteiger partial charge in [0.15, 0.2) is 0 Å². The minimum atomic E-state index is 0.738. The van der Waals surface area contributed by atoms with Crippen LogP contribution in [0.3, 0.4) is 0 Å². The summed E-state index contributed by atoms with van der Waals surface area (Å²) in [5, 5.41) is 3.43. The predicted octanol–water partition coefficient (Wildman–Crippen LogP) is 2.32. The van der Waals surface area contributed by atoms with E-state index in [2.05, 4.69) is 34.3 Å². The molecule has 1 N–H and O–H groups in total. The highest BCUT2D eigenvalue weighted by Gasteiger charge is 2.38. The second kappa shape index (κ2) is 4.21. The fourth-order valence-corrected chi connectivity index (χ4v) is 3.04. The Labute approximate surface area is 97.3 Å². The van der Waals surface area contributed by atoms with Gasteiger partial charge in [-0.3, -0.25) is 0 Å². The molecule has 1 saturated carbocycles. The first-order valence-corrected chi connectivity index (χ1v) is 6.62. The molecule has 2 fully saturated rings. The third-order valence-electron chi connectivity index (χ3n) is 4.22. The third-order valence-corrected chi connectivity index (χ3v) is 4.22. The van der Waals surface area contributed by atoms with Gasteiger partial charge in [-0.25, -0.2) is 4.98 Å². The lowest BCUT2D eigenvalue weighted by atomic mass is 9.95. The summed E-state index contributed by atoms with van der Waals surface area (Å²) in [7, 11) is 0. The van der Waals surface area contributed by atoms with Crippen LogP contribution in [0.1, 0.15) is 50.3 Å². The Kier molecular flexibility index (Phi) is 2.72. The van der Waals surface area contributed by atoms with Crippen molar-refractivity contribution in [1.29, 1.82) is 0 Å². The van der Waals surface area contributed by atoms with Crippen molar-refractivity contribution in [3.05, 3.63) is 18.2 Å². The van der Waals surface area contributed by atoms with Crippen molar-refractivity contribution in [2.24, 2.45) is 5.92 Å². The molecule has 1 aromatic rings. The van der Waals surface area contributed by atoms with Crippen LogP contribution in [0.5, 0.6) is 0 Å². The maximum atomic E-state index is 4.37. The average Bonchev–Trinajstić information content (AvgIpc) is 2.97. The van der Waals surface area contributed by atoms with E-state index in [1.807, 2.05) is 0 Å². The Morgan fingerprint density at radius 1 is 1.44 bits per heavy atom. The summed E-state index contributed by atoms with van der Waals surface area (Å²) in [5.74, 6) is 1.65. The van der Waals surface area contributed by atoms with E-state index in [9.17, 15) is 0 Å². The van der Waals surface area contributed by atoms with E-state index in [0.29, 0.717) is 0 Å². The molecule has 1 aliphatic heterocycles. The van der Waals surface area contributed by atoms with Crippen molar-refractivity contribution in [1.82, 2.24) is 14.9 Å². The van der Waals surface area contributed by atoms with Gasteiger partial charge in [0.05, 0.1) is 6.33 Å². The van der Waals surface area contributed by atoms with Gasteiger partial charge in [0.1, 0.15) is 0 Å². The fourth-order valence-electron chi connectivity index (χ4n) is 3.04. The van der Waals surface area contributed by atoms with E-state index in [4.69, 9.17) is 0 Å². The summed E-state index contributed by atoms with van der Waals surface area (Å²) >= 11 is 0. The quantitative estimate of drug-likeness (QED) is 0.845. The number of imidazole rings is 1. The Balaban J connectivity index is 1.77. The summed E-state index contributed by atoms with van der Waals surface area (Å²) in [6, 6.07) is 0.761. The highest BCUT2D eigenvalue weighted by atomic mass is 15.1. The van der Waals surface area contributed by atoms with Gasteiger partial charge in [-0.1, -0.05) is 13.3 Å². The smallest absolute Gasteiger partial charge is 0.0950 e. The van der Waals surface area contributed by atoms with E-state index >= 15 is 0 Å². The molecular weight excluding hydrogens is 198 g/mol. The van der Waals surface area contributed by atoms with Crippen molar-refractivity contribution >= 4 is 0 Å². The SMILES string of the molecule is CCC1CC1n1cncc1C1CCNCC1. The second-order valence-corrected chi connectivity index (χ2v) is 5.22. The molecule has 0 spiro atoms. The molecule has 1 aromatic heterocycles. The molecule has 1 aliphatic carbocycles. The predicted molar refractivity (Wildman–Crippen MR) is 64.5 cm³/mol. The van der Waals surface area contributed by atoms with Gasteiger partial charge in [0.2, 0.25) is 0 Å². The van der Waals surface area contributed by atoms with Crippen LogP contribution in [0.4, 0.5) is 0 Å². The van der Waals surface area contributed by atoms with E-state index in [1.54, 1.807) is 0 Å². The zero-order valence-corrected chi connectivity index (χ0v) is 10.0. The van der Waals surface area contributed by atoms with Gasteiger partial charge in [0, 0.05) is 23.9 Å². The Bertz CT molecular complexity index is 352. The molecule has 2 atom stereocenters. The lowest BCUT2D eigenvalue weighted by molar-refractivity contribution is 0.436. The van der Waals surface area contributed by atoms with Gasteiger partial charge < -0.3 is 9.88 Å². The van der Waals surface area contributed by atoms with Crippen molar-refractivity contribution in [2.45, 2.75) is 44.6 Å².